The highest BCUT2D eigenvalue weighted by Crippen LogP contribution is 2.38. The summed E-state index contributed by atoms with van der Waals surface area (Å²) in [5.41, 5.74) is 4.25. The van der Waals surface area contributed by atoms with Crippen molar-refractivity contribution < 1.29 is 14.3 Å². The molecular formula is C23H18BrNO3. The minimum absolute atomic E-state index is 0.114. The van der Waals surface area contributed by atoms with Crippen molar-refractivity contribution in [3.8, 4) is 11.5 Å². The van der Waals surface area contributed by atoms with Crippen LogP contribution in [0.1, 0.15) is 16.7 Å². The lowest BCUT2D eigenvalue weighted by atomic mass is 10.0. The van der Waals surface area contributed by atoms with Gasteiger partial charge < -0.3 is 14.8 Å². The molecule has 4 rings (SSSR count). The van der Waals surface area contributed by atoms with Gasteiger partial charge in [-0.2, -0.15) is 0 Å². The molecular weight excluding hydrogens is 418 g/mol. The average Bonchev–Trinajstić information content (AvgIpc) is 3.04. The van der Waals surface area contributed by atoms with Gasteiger partial charge in [-0.3, -0.25) is 4.79 Å². The highest BCUT2D eigenvalue weighted by Gasteiger charge is 2.24. The van der Waals surface area contributed by atoms with Crippen LogP contribution < -0.4 is 14.8 Å². The van der Waals surface area contributed by atoms with E-state index in [4.69, 9.17) is 9.47 Å². The molecule has 4 nitrogen and oxygen atoms in total. The Kier molecular flexibility index (Phi) is 5.17. The van der Waals surface area contributed by atoms with Gasteiger partial charge in [0, 0.05) is 21.3 Å². The van der Waals surface area contributed by atoms with E-state index in [9.17, 15) is 4.79 Å². The molecule has 3 aromatic rings. The molecule has 0 spiro atoms. The van der Waals surface area contributed by atoms with Crippen LogP contribution in [0, 0.1) is 0 Å². The summed E-state index contributed by atoms with van der Waals surface area (Å²) in [7, 11) is 1.60. The first-order valence-electron chi connectivity index (χ1n) is 8.82. The first-order chi connectivity index (χ1) is 13.7. The number of amides is 1. The number of methoxy groups -OCH3 is 1. The Morgan fingerprint density at radius 3 is 2.54 bits per heavy atom. The zero-order chi connectivity index (χ0) is 19.5. The van der Waals surface area contributed by atoms with Gasteiger partial charge in [0.2, 0.25) is 0 Å². The fraction of sp³-hybridized carbons (Fsp3) is 0.0870. The Morgan fingerprint density at radius 1 is 1.00 bits per heavy atom. The number of rotatable bonds is 5. The largest absolute Gasteiger partial charge is 0.493 e. The van der Waals surface area contributed by atoms with Gasteiger partial charge in [-0.25, -0.2) is 0 Å². The Morgan fingerprint density at radius 2 is 1.75 bits per heavy atom. The Labute approximate surface area is 171 Å². The van der Waals surface area contributed by atoms with Crippen molar-refractivity contribution in [3.05, 3.63) is 87.9 Å². The normalized spacial score (nSPS) is 13.9. The smallest absolute Gasteiger partial charge is 0.256 e. The molecule has 0 atom stereocenters. The molecule has 0 aromatic heterocycles. The third-order valence-electron chi connectivity index (χ3n) is 4.53. The summed E-state index contributed by atoms with van der Waals surface area (Å²) in [6.07, 6.45) is 1.86. The molecule has 5 heteroatoms. The number of nitrogens with one attached hydrogen (secondary N) is 1. The molecule has 1 amide bonds. The Bertz CT molecular complexity index is 1060. The maximum absolute atomic E-state index is 12.4. The van der Waals surface area contributed by atoms with Gasteiger partial charge in [0.1, 0.15) is 6.61 Å². The lowest BCUT2D eigenvalue weighted by Gasteiger charge is -2.13. The van der Waals surface area contributed by atoms with Crippen LogP contribution in [0.4, 0.5) is 5.69 Å². The third kappa shape index (κ3) is 3.66. The van der Waals surface area contributed by atoms with Crippen LogP contribution in [0.25, 0.3) is 11.6 Å². The van der Waals surface area contributed by atoms with E-state index >= 15 is 0 Å². The van der Waals surface area contributed by atoms with E-state index < -0.39 is 0 Å². The van der Waals surface area contributed by atoms with Gasteiger partial charge in [-0.1, -0.05) is 64.5 Å². The van der Waals surface area contributed by atoms with Crippen molar-refractivity contribution >= 4 is 39.2 Å². The molecule has 1 aliphatic rings. The summed E-state index contributed by atoms with van der Waals surface area (Å²) in [6, 6.07) is 21.3. The number of ether oxygens (including phenoxy) is 2. The summed E-state index contributed by atoms with van der Waals surface area (Å²) in [4.78, 5) is 12.4. The number of benzene rings is 3. The molecule has 1 N–H and O–H groups in total. The zero-order valence-corrected chi connectivity index (χ0v) is 16.8. The molecule has 0 radical (unpaired) electrons. The molecule has 0 saturated heterocycles. The van der Waals surface area contributed by atoms with E-state index in [1.54, 1.807) is 7.11 Å². The third-order valence-corrected chi connectivity index (χ3v) is 5.22. The van der Waals surface area contributed by atoms with Crippen molar-refractivity contribution in [2.24, 2.45) is 0 Å². The first kappa shape index (κ1) is 18.3. The van der Waals surface area contributed by atoms with Crippen molar-refractivity contribution in [2.45, 2.75) is 6.61 Å². The van der Waals surface area contributed by atoms with Crippen LogP contribution in [0.5, 0.6) is 11.5 Å². The van der Waals surface area contributed by atoms with Crippen molar-refractivity contribution in [3.63, 3.8) is 0 Å². The molecule has 28 heavy (non-hydrogen) atoms. The molecule has 0 bridgehead atoms. The van der Waals surface area contributed by atoms with Gasteiger partial charge in [0.15, 0.2) is 11.5 Å². The number of anilines is 1. The number of carbonyl (C=O) groups excluding carboxylic acids is 1. The summed E-state index contributed by atoms with van der Waals surface area (Å²) in [5, 5.41) is 2.89. The monoisotopic (exact) mass is 435 g/mol. The van der Waals surface area contributed by atoms with Crippen molar-refractivity contribution in [1.82, 2.24) is 0 Å². The molecule has 0 aliphatic carbocycles. The van der Waals surface area contributed by atoms with Gasteiger partial charge in [-0.05, 0) is 35.4 Å². The van der Waals surface area contributed by atoms with E-state index in [1.807, 2.05) is 72.8 Å². The summed E-state index contributed by atoms with van der Waals surface area (Å²) in [6.45, 7) is 0.444. The Balaban J connectivity index is 1.65. The van der Waals surface area contributed by atoms with Crippen molar-refractivity contribution in [1.29, 1.82) is 0 Å². The number of carbonyl (C=O) groups is 1. The Hall–Kier alpha value is -3.05. The zero-order valence-electron chi connectivity index (χ0n) is 15.2. The summed E-state index contributed by atoms with van der Waals surface area (Å²) in [5.74, 6) is 1.13. The van der Waals surface area contributed by atoms with Crippen LogP contribution in [0.2, 0.25) is 0 Å². The molecule has 3 aromatic carbocycles. The summed E-state index contributed by atoms with van der Waals surface area (Å²) >= 11 is 3.59. The fourth-order valence-electron chi connectivity index (χ4n) is 3.11. The average molecular weight is 436 g/mol. The minimum Gasteiger partial charge on any atom is -0.493 e. The molecule has 0 saturated carbocycles. The molecule has 140 valence electrons. The van der Waals surface area contributed by atoms with Gasteiger partial charge in [-0.15, -0.1) is 0 Å². The maximum Gasteiger partial charge on any atom is 0.256 e. The van der Waals surface area contributed by atoms with E-state index in [2.05, 4.69) is 21.2 Å². The molecule has 0 unspecified atom stereocenters. The molecule has 1 heterocycles. The van der Waals surface area contributed by atoms with Crippen LogP contribution in [-0.2, 0) is 11.4 Å². The van der Waals surface area contributed by atoms with E-state index in [0.29, 0.717) is 23.7 Å². The number of fused-ring (bicyclic) bond motifs is 1. The standard InChI is InChI=1S/C23H18BrNO3/c1-27-21-12-16(11-18-17-9-5-6-10-20(17)25-23(18)26)19(24)13-22(21)28-14-15-7-3-2-4-8-15/h2-13H,14H2,1H3,(H,25,26). The fourth-order valence-corrected chi connectivity index (χ4v) is 3.54. The second kappa shape index (κ2) is 7.90. The van der Waals surface area contributed by atoms with Crippen LogP contribution in [0.3, 0.4) is 0 Å². The van der Waals surface area contributed by atoms with Crippen molar-refractivity contribution in [2.75, 3.05) is 12.4 Å². The topological polar surface area (TPSA) is 47.6 Å². The van der Waals surface area contributed by atoms with E-state index in [-0.39, 0.29) is 5.91 Å². The van der Waals surface area contributed by atoms with E-state index in [1.165, 1.54) is 0 Å². The highest BCUT2D eigenvalue weighted by atomic mass is 79.9. The van der Waals surface area contributed by atoms with Gasteiger partial charge >= 0.3 is 0 Å². The minimum atomic E-state index is -0.114. The summed E-state index contributed by atoms with van der Waals surface area (Å²) < 4.78 is 12.3. The predicted molar refractivity (Wildman–Crippen MR) is 114 cm³/mol. The number of para-hydroxylation sites is 1. The lowest BCUT2D eigenvalue weighted by Crippen LogP contribution is -2.03. The predicted octanol–water partition coefficient (Wildman–Crippen LogP) is 5.53. The van der Waals surface area contributed by atoms with Gasteiger partial charge in [0.25, 0.3) is 5.91 Å². The second-order valence-electron chi connectivity index (χ2n) is 6.36. The quantitative estimate of drug-likeness (QED) is 0.535. The number of hydrogen-bond acceptors (Lipinski definition) is 3. The molecule has 1 aliphatic heterocycles. The van der Waals surface area contributed by atoms with Crippen LogP contribution >= 0.6 is 15.9 Å². The maximum atomic E-state index is 12.4. The van der Waals surface area contributed by atoms with Crippen LogP contribution in [0.15, 0.2) is 71.2 Å². The second-order valence-corrected chi connectivity index (χ2v) is 7.21. The number of hydrogen-bond donors (Lipinski definition) is 1. The van der Waals surface area contributed by atoms with Gasteiger partial charge in [0.05, 0.1) is 7.11 Å². The van der Waals surface area contributed by atoms with Crippen LogP contribution in [-0.4, -0.2) is 13.0 Å². The van der Waals surface area contributed by atoms with E-state index in [0.717, 1.165) is 26.9 Å². The molecule has 0 fully saturated rings. The SMILES string of the molecule is COc1cc(C=C2C(=O)Nc3ccccc32)c(Br)cc1OCc1ccccc1. The highest BCUT2D eigenvalue weighted by molar-refractivity contribution is 9.10. The lowest BCUT2D eigenvalue weighted by molar-refractivity contribution is -0.110. The first-order valence-corrected chi connectivity index (χ1v) is 9.61. The number of halogens is 1.